The molecule has 9 nitrogen and oxygen atoms in total. The van der Waals surface area contributed by atoms with Gasteiger partial charge in [0.15, 0.2) is 0 Å². The zero-order valence-electron chi connectivity index (χ0n) is 15.5. The lowest BCUT2D eigenvalue weighted by Gasteiger charge is -2.27. The second-order valence-corrected chi connectivity index (χ2v) is 8.92. The SMILES string of the molecule is NS(=O)(=O)c1ccc(Cn2nc3n(c2=O)[C@@H](C(=O)N2CCCC2)CCC3)cc1. The summed E-state index contributed by atoms with van der Waals surface area (Å²) in [5, 5.41) is 9.54. The Morgan fingerprint density at radius 3 is 2.46 bits per heavy atom. The molecule has 0 spiro atoms. The minimum atomic E-state index is -3.76. The number of benzene rings is 1. The molecule has 3 heterocycles. The first-order valence-corrected chi connectivity index (χ1v) is 11.0. The average Bonchev–Trinajstić information content (AvgIpc) is 3.30. The van der Waals surface area contributed by atoms with Gasteiger partial charge in [-0.05, 0) is 43.4 Å². The molecule has 1 fully saturated rings. The van der Waals surface area contributed by atoms with E-state index < -0.39 is 16.1 Å². The maximum absolute atomic E-state index is 13.0. The van der Waals surface area contributed by atoms with E-state index in [0.29, 0.717) is 18.7 Å². The van der Waals surface area contributed by atoms with E-state index in [9.17, 15) is 18.0 Å². The second kappa shape index (κ2) is 7.17. The number of hydrogen-bond acceptors (Lipinski definition) is 5. The van der Waals surface area contributed by atoms with Crippen LogP contribution in [0, 0.1) is 0 Å². The van der Waals surface area contributed by atoms with E-state index >= 15 is 0 Å². The molecule has 0 unspecified atom stereocenters. The Bertz CT molecular complexity index is 1050. The summed E-state index contributed by atoms with van der Waals surface area (Å²) in [5.74, 6) is 0.646. The van der Waals surface area contributed by atoms with Gasteiger partial charge < -0.3 is 4.90 Å². The number of aryl methyl sites for hydroxylation is 1. The minimum absolute atomic E-state index is 0.0117. The molecular formula is C18H23N5O4S. The van der Waals surface area contributed by atoms with Crippen LogP contribution in [0.15, 0.2) is 34.0 Å². The Kier molecular flexibility index (Phi) is 4.84. The Morgan fingerprint density at radius 2 is 1.82 bits per heavy atom. The molecule has 0 saturated carbocycles. The molecule has 0 aliphatic carbocycles. The molecule has 1 atom stereocenters. The van der Waals surface area contributed by atoms with Gasteiger partial charge >= 0.3 is 5.69 Å². The Labute approximate surface area is 162 Å². The predicted molar refractivity (Wildman–Crippen MR) is 101 cm³/mol. The van der Waals surface area contributed by atoms with Crippen LogP contribution in [0.25, 0.3) is 0 Å². The van der Waals surface area contributed by atoms with Gasteiger partial charge in [-0.2, -0.15) is 5.10 Å². The zero-order valence-corrected chi connectivity index (χ0v) is 16.3. The minimum Gasteiger partial charge on any atom is -0.341 e. The molecule has 1 aromatic carbocycles. The van der Waals surface area contributed by atoms with Crippen LogP contribution in [0.3, 0.4) is 0 Å². The highest BCUT2D eigenvalue weighted by atomic mass is 32.2. The normalized spacial score (nSPS) is 19.6. The molecule has 4 rings (SSSR count). The Morgan fingerprint density at radius 1 is 1.14 bits per heavy atom. The zero-order chi connectivity index (χ0) is 19.9. The van der Waals surface area contributed by atoms with Gasteiger partial charge in [0.25, 0.3) is 0 Å². The predicted octanol–water partition coefficient (Wildman–Crippen LogP) is 0.240. The highest BCUT2D eigenvalue weighted by molar-refractivity contribution is 7.89. The maximum Gasteiger partial charge on any atom is 0.346 e. The first-order valence-electron chi connectivity index (χ1n) is 9.43. The number of nitrogens with two attached hydrogens (primary N) is 1. The summed E-state index contributed by atoms with van der Waals surface area (Å²) in [6.07, 6.45) is 4.15. The number of sulfonamides is 1. The molecule has 0 bridgehead atoms. The van der Waals surface area contributed by atoms with E-state index in [1.54, 1.807) is 16.7 Å². The van der Waals surface area contributed by atoms with E-state index in [0.717, 1.165) is 37.9 Å². The van der Waals surface area contributed by atoms with Gasteiger partial charge in [0.05, 0.1) is 11.4 Å². The maximum atomic E-state index is 13.0. The van der Waals surface area contributed by atoms with Gasteiger partial charge in [0.1, 0.15) is 11.9 Å². The summed E-state index contributed by atoms with van der Waals surface area (Å²) >= 11 is 0. The fraction of sp³-hybridized carbons (Fsp3) is 0.500. The third-order valence-corrected chi connectivity index (χ3v) is 6.35. The van der Waals surface area contributed by atoms with Gasteiger partial charge in [-0.1, -0.05) is 12.1 Å². The molecule has 2 aliphatic heterocycles. The number of rotatable bonds is 4. The van der Waals surface area contributed by atoms with Crippen LogP contribution in [-0.4, -0.2) is 46.7 Å². The number of nitrogens with zero attached hydrogens (tertiary/aromatic N) is 4. The molecule has 28 heavy (non-hydrogen) atoms. The van der Waals surface area contributed by atoms with Crippen LogP contribution in [-0.2, 0) is 27.8 Å². The van der Waals surface area contributed by atoms with E-state index in [1.165, 1.54) is 16.8 Å². The topological polar surface area (TPSA) is 120 Å². The fourth-order valence-electron chi connectivity index (χ4n) is 3.97. The molecule has 2 N–H and O–H groups in total. The van der Waals surface area contributed by atoms with E-state index in [4.69, 9.17) is 5.14 Å². The van der Waals surface area contributed by atoms with Gasteiger partial charge in [0.2, 0.25) is 15.9 Å². The van der Waals surface area contributed by atoms with Crippen LogP contribution in [0.2, 0.25) is 0 Å². The van der Waals surface area contributed by atoms with Crippen molar-refractivity contribution in [1.82, 2.24) is 19.2 Å². The third kappa shape index (κ3) is 3.49. The van der Waals surface area contributed by atoms with Gasteiger partial charge in [-0.3, -0.25) is 9.36 Å². The number of fused-ring (bicyclic) bond motifs is 1. The van der Waals surface area contributed by atoms with Gasteiger partial charge in [0, 0.05) is 19.5 Å². The number of carbonyl (C=O) groups excluding carboxylic acids is 1. The van der Waals surface area contributed by atoms with Crippen molar-refractivity contribution in [3.63, 3.8) is 0 Å². The van der Waals surface area contributed by atoms with Crippen LogP contribution >= 0.6 is 0 Å². The second-order valence-electron chi connectivity index (χ2n) is 7.36. The highest BCUT2D eigenvalue weighted by Gasteiger charge is 2.34. The summed E-state index contributed by atoms with van der Waals surface area (Å²) in [7, 11) is -3.76. The molecule has 2 aliphatic rings. The lowest BCUT2D eigenvalue weighted by Crippen LogP contribution is -2.41. The van der Waals surface area contributed by atoms with Crippen molar-refractivity contribution < 1.29 is 13.2 Å². The van der Waals surface area contributed by atoms with E-state index in [-0.39, 0.29) is 23.0 Å². The largest absolute Gasteiger partial charge is 0.346 e. The molecule has 150 valence electrons. The van der Waals surface area contributed by atoms with Crippen LogP contribution < -0.4 is 10.8 Å². The molecule has 2 aromatic rings. The third-order valence-electron chi connectivity index (χ3n) is 5.42. The van der Waals surface area contributed by atoms with Crippen molar-refractivity contribution in [2.75, 3.05) is 13.1 Å². The highest BCUT2D eigenvalue weighted by Crippen LogP contribution is 2.25. The smallest absolute Gasteiger partial charge is 0.341 e. The number of amides is 1. The Balaban J connectivity index is 1.60. The lowest BCUT2D eigenvalue weighted by atomic mass is 10.0. The van der Waals surface area contributed by atoms with E-state index in [2.05, 4.69) is 5.10 Å². The van der Waals surface area contributed by atoms with Gasteiger partial charge in [-0.15, -0.1) is 0 Å². The molecular weight excluding hydrogens is 382 g/mol. The summed E-state index contributed by atoms with van der Waals surface area (Å²) in [6, 6.07) is 5.55. The number of likely N-dealkylation sites (tertiary alicyclic amines) is 1. The van der Waals surface area contributed by atoms with Crippen molar-refractivity contribution in [3.8, 4) is 0 Å². The number of carbonyl (C=O) groups is 1. The van der Waals surface area contributed by atoms with Crippen molar-refractivity contribution in [3.05, 3.63) is 46.1 Å². The van der Waals surface area contributed by atoms with Crippen molar-refractivity contribution in [2.24, 2.45) is 5.14 Å². The lowest BCUT2D eigenvalue weighted by molar-refractivity contribution is -0.134. The number of primary sulfonamides is 1. The van der Waals surface area contributed by atoms with E-state index in [1.807, 2.05) is 4.90 Å². The molecule has 0 radical (unpaired) electrons. The quantitative estimate of drug-likeness (QED) is 0.781. The van der Waals surface area contributed by atoms with Crippen molar-refractivity contribution >= 4 is 15.9 Å². The Hall–Kier alpha value is -2.46. The molecule has 1 saturated heterocycles. The van der Waals surface area contributed by atoms with Crippen LogP contribution in [0.5, 0.6) is 0 Å². The summed E-state index contributed by atoms with van der Waals surface area (Å²) in [4.78, 5) is 27.7. The molecule has 10 heteroatoms. The first kappa shape index (κ1) is 18.9. The molecule has 1 aromatic heterocycles. The standard InChI is InChI=1S/C18H23N5O4S/c19-28(26,27)14-8-6-13(7-9-14)12-22-18(25)23-15(4-3-5-16(23)20-22)17(24)21-10-1-2-11-21/h6-9,15H,1-5,10-12H2,(H2,19,26,27)/t15-/m1/s1. The summed E-state index contributed by atoms with van der Waals surface area (Å²) in [5.41, 5.74) is 0.426. The number of hydrogen-bond donors (Lipinski definition) is 1. The summed E-state index contributed by atoms with van der Waals surface area (Å²) in [6.45, 7) is 1.71. The number of aromatic nitrogens is 3. The fourth-order valence-corrected chi connectivity index (χ4v) is 4.49. The van der Waals surface area contributed by atoms with Crippen LogP contribution in [0.1, 0.15) is 43.1 Å². The first-order chi connectivity index (χ1) is 13.3. The summed E-state index contributed by atoms with van der Waals surface area (Å²) < 4.78 is 25.6. The van der Waals surface area contributed by atoms with Crippen LogP contribution in [0.4, 0.5) is 0 Å². The monoisotopic (exact) mass is 405 g/mol. The van der Waals surface area contributed by atoms with Crippen molar-refractivity contribution in [2.45, 2.75) is 49.6 Å². The van der Waals surface area contributed by atoms with Crippen molar-refractivity contribution in [1.29, 1.82) is 0 Å². The molecule has 1 amide bonds. The van der Waals surface area contributed by atoms with Gasteiger partial charge in [-0.25, -0.2) is 23.0 Å². The average molecular weight is 405 g/mol.